The van der Waals surface area contributed by atoms with Gasteiger partial charge in [-0.25, -0.2) is 9.78 Å². The number of phenols is 1. The number of oxime groups is 1. The topological polar surface area (TPSA) is 71.8 Å². The van der Waals surface area contributed by atoms with Gasteiger partial charge < -0.3 is 9.94 Å². The largest absolute Gasteiger partial charge is 0.508 e. The van der Waals surface area contributed by atoms with Crippen LogP contribution in [0.25, 0.3) is 16.3 Å². The van der Waals surface area contributed by atoms with E-state index in [1.807, 2.05) is 24.3 Å². The Morgan fingerprint density at radius 3 is 2.76 bits per heavy atom. The highest BCUT2D eigenvalue weighted by Gasteiger charge is 2.25. The average Bonchev–Trinajstić information content (AvgIpc) is 3.19. The van der Waals surface area contributed by atoms with Crippen LogP contribution >= 0.6 is 23.1 Å². The highest BCUT2D eigenvalue weighted by molar-refractivity contribution is 8.01. The average molecular weight is 368 g/mol. The molecule has 1 aliphatic heterocycles. The molecule has 25 heavy (non-hydrogen) atoms. The Balaban J connectivity index is 1.52. The summed E-state index contributed by atoms with van der Waals surface area (Å²) in [7, 11) is 0. The monoisotopic (exact) mass is 368 g/mol. The first-order chi connectivity index (χ1) is 12.2. The number of benzene rings is 2. The first-order valence-electron chi connectivity index (χ1n) is 7.47. The van der Waals surface area contributed by atoms with E-state index in [-0.39, 0.29) is 5.75 Å². The fourth-order valence-electron chi connectivity index (χ4n) is 2.34. The van der Waals surface area contributed by atoms with E-state index in [1.54, 1.807) is 41.7 Å². The predicted molar refractivity (Wildman–Crippen MR) is 100.0 cm³/mol. The van der Waals surface area contributed by atoms with Crippen molar-refractivity contribution < 1.29 is 14.7 Å². The number of fused-ring (bicyclic) bond motifs is 1. The molecule has 124 valence electrons. The molecular formula is C18H12N2O3S2. The number of carbonyl (C=O) groups is 1. The van der Waals surface area contributed by atoms with Gasteiger partial charge in [0.05, 0.1) is 15.8 Å². The van der Waals surface area contributed by atoms with Gasteiger partial charge in [0.2, 0.25) is 0 Å². The molecule has 2 heterocycles. The number of thiazole rings is 1. The number of rotatable bonds is 4. The second-order valence-corrected chi connectivity index (χ2v) is 7.56. The molecule has 0 unspecified atom stereocenters. The molecule has 2 aromatic carbocycles. The first kappa shape index (κ1) is 15.9. The molecule has 0 fully saturated rings. The smallest absolute Gasteiger partial charge is 0.367 e. The second-order valence-electron chi connectivity index (χ2n) is 5.30. The minimum absolute atomic E-state index is 0.177. The minimum Gasteiger partial charge on any atom is -0.508 e. The van der Waals surface area contributed by atoms with Gasteiger partial charge in [-0.1, -0.05) is 41.2 Å². The van der Waals surface area contributed by atoms with E-state index < -0.39 is 5.97 Å². The van der Waals surface area contributed by atoms with Crippen LogP contribution in [0.1, 0.15) is 5.56 Å². The van der Waals surface area contributed by atoms with Crippen molar-refractivity contribution in [2.45, 2.75) is 4.34 Å². The third-order valence-corrected chi connectivity index (χ3v) is 5.77. The Morgan fingerprint density at radius 1 is 1.16 bits per heavy atom. The van der Waals surface area contributed by atoms with E-state index >= 15 is 0 Å². The van der Waals surface area contributed by atoms with Crippen LogP contribution in [0.2, 0.25) is 0 Å². The zero-order valence-electron chi connectivity index (χ0n) is 12.9. The van der Waals surface area contributed by atoms with Crippen LogP contribution in [0.5, 0.6) is 5.75 Å². The molecule has 0 saturated heterocycles. The maximum Gasteiger partial charge on any atom is 0.367 e. The van der Waals surface area contributed by atoms with Crippen molar-refractivity contribution in [3.63, 3.8) is 0 Å². The minimum atomic E-state index is -0.465. The lowest BCUT2D eigenvalue weighted by Gasteiger charge is -1.99. The lowest BCUT2D eigenvalue weighted by atomic mass is 10.1. The molecule has 5 nitrogen and oxygen atoms in total. The molecular weight excluding hydrogens is 356 g/mol. The summed E-state index contributed by atoms with van der Waals surface area (Å²) >= 11 is 3.14. The number of carbonyl (C=O) groups excluding carboxylic acids is 1. The Morgan fingerprint density at radius 2 is 1.96 bits per heavy atom. The van der Waals surface area contributed by atoms with Crippen LogP contribution in [-0.2, 0) is 9.63 Å². The van der Waals surface area contributed by atoms with Crippen molar-refractivity contribution in [3.05, 3.63) is 59.7 Å². The number of phenolic OH excluding ortho intramolecular Hbond substituents is 1. The van der Waals surface area contributed by atoms with Gasteiger partial charge in [0.15, 0.2) is 4.34 Å². The highest BCUT2D eigenvalue weighted by Crippen LogP contribution is 2.30. The van der Waals surface area contributed by atoms with Crippen LogP contribution in [0.3, 0.4) is 0 Å². The Bertz CT molecular complexity index is 974. The van der Waals surface area contributed by atoms with Gasteiger partial charge in [0, 0.05) is 5.75 Å². The fourth-order valence-corrected chi connectivity index (χ4v) is 4.35. The van der Waals surface area contributed by atoms with E-state index in [9.17, 15) is 9.90 Å². The number of hydrogen-bond acceptors (Lipinski definition) is 7. The molecule has 0 spiro atoms. The van der Waals surface area contributed by atoms with Gasteiger partial charge in [-0.2, -0.15) is 0 Å². The molecule has 0 aliphatic carbocycles. The molecule has 1 aromatic heterocycles. The summed E-state index contributed by atoms with van der Waals surface area (Å²) in [6.07, 6.45) is 1.71. The second kappa shape index (κ2) is 6.70. The Hall–Kier alpha value is -2.64. The lowest BCUT2D eigenvalue weighted by Crippen LogP contribution is -2.07. The highest BCUT2D eigenvalue weighted by atomic mass is 32.2. The van der Waals surface area contributed by atoms with E-state index in [0.29, 0.717) is 17.0 Å². The molecule has 4 rings (SSSR count). The predicted octanol–water partition coefficient (Wildman–Crippen LogP) is 4.09. The van der Waals surface area contributed by atoms with Crippen molar-refractivity contribution in [2.24, 2.45) is 5.16 Å². The number of aromatic hydroxyl groups is 1. The number of para-hydroxylation sites is 1. The summed E-state index contributed by atoms with van der Waals surface area (Å²) in [5.74, 6) is 0.208. The molecule has 0 bridgehead atoms. The van der Waals surface area contributed by atoms with Crippen molar-refractivity contribution in [1.29, 1.82) is 0 Å². The van der Waals surface area contributed by atoms with Crippen molar-refractivity contribution in [1.82, 2.24) is 4.98 Å². The molecule has 0 saturated carbocycles. The van der Waals surface area contributed by atoms with Crippen LogP contribution < -0.4 is 0 Å². The van der Waals surface area contributed by atoms with Crippen LogP contribution in [0.4, 0.5) is 0 Å². The Labute approximate surface area is 151 Å². The number of nitrogens with zero attached hydrogens (tertiary/aromatic N) is 2. The Kier molecular flexibility index (Phi) is 4.25. The molecule has 0 amide bonds. The molecule has 1 N–H and O–H groups in total. The summed E-state index contributed by atoms with van der Waals surface area (Å²) in [4.78, 5) is 21.3. The van der Waals surface area contributed by atoms with Crippen LogP contribution in [0, 0.1) is 0 Å². The fraction of sp³-hybridized carbons (Fsp3) is 0.0556. The van der Waals surface area contributed by atoms with Gasteiger partial charge >= 0.3 is 5.97 Å². The maximum absolute atomic E-state index is 11.9. The van der Waals surface area contributed by atoms with Crippen LogP contribution in [0.15, 0.2) is 63.6 Å². The van der Waals surface area contributed by atoms with E-state index in [1.165, 1.54) is 11.8 Å². The van der Waals surface area contributed by atoms with Crippen molar-refractivity contribution >= 4 is 51.1 Å². The summed E-state index contributed by atoms with van der Waals surface area (Å²) in [6.45, 7) is 0. The summed E-state index contributed by atoms with van der Waals surface area (Å²) in [5, 5.41) is 13.2. The molecule has 0 atom stereocenters. The maximum atomic E-state index is 11.9. The van der Waals surface area contributed by atoms with E-state index in [2.05, 4.69) is 10.1 Å². The molecule has 1 aliphatic rings. The van der Waals surface area contributed by atoms with Gasteiger partial charge in [0.1, 0.15) is 11.5 Å². The third kappa shape index (κ3) is 3.42. The van der Waals surface area contributed by atoms with Gasteiger partial charge in [0.25, 0.3) is 0 Å². The number of aromatic nitrogens is 1. The van der Waals surface area contributed by atoms with E-state index in [0.717, 1.165) is 20.1 Å². The molecule has 3 aromatic rings. The summed E-state index contributed by atoms with van der Waals surface area (Å²) in [5.41, 5.74) is 2.78. The van der Waals surface area contributed by atoms with Gasteiger partial charge in [-0.05, 0) is 35.9 Å². The quantitative estimate of drug-likeness (QED) is 0.427. The summed E-state index contributed by atoms with van der Waals surface area (Å²) in [6, 6.07) is 14.6. The summed E-state index contributed by atoms with van der Waals surface area (Å²) < 4.78 is 2.05. The van der Waals surface area contributed by atoms with Gasteiger partial charge in [-0.15, -0.1) is 11.3 Å². The van der Waals surface area contributed by atoms with Gasteiger partial charge in [-0.3, -0.25) is 0 Å². The third-order valence-electron chi connectivity index (χ3n) is 3.58. The number of hydrogen-bond donors (Lipinski definition) is 1. The first-order valence-corrected chi connectivity index (χ1v) is 9.27. The van der Waals surface area contributed by atoms with Crippen LogP contribution in [-0.4, -0.2) is 27.5 Å². The zero-order valence-corrected chi connectivity index (χ0v) is 14.5. The SMILES string of the molecule is O=C1ON=C(CSc2nc3ccccc3s2)C1=Cc1ccc(O)cc1. The number of thioether (sulfide) groups is 1. The zero-order chi connectivity index (χ0) is 17.2. The lowest BCUT2D eigenvalue weighted by molar-refractivity contribution is -0.136. The van der Waals surface area contributed by atoms with E-state index in [4.69, 9.17) is 4.84 Å². The standard InChI is InChI=1S/C18H12N2O3S2/c21-12-7-5-11(6-8-12)9-13-15(20-23-17(13)22)10-24-18-19-14-3-1-2-4-16(14)25-18/h1-9,21H,10H2. The van der Waals surface area contributed by atoms with Crippen molar-refractivity contribution in [2.75, 3.05) is 5.75 Å². The molecule has 7 heteroatoms. The molecule has 0 radical (unpaired) electrons. The van der Waals surface area contributed by atoms with Crippen molar-refractivity contribution in [3.8, 4) is 5.75 Å². The normalized spacial score (nSPS) is 15.6.